The van der Waals surface area contributed by atoms with Gasteiger partial charge < -0.3 is 20.5 Å². The number of allylic oxidation sites excluding steroid dienone is 5. The van der Waals surface area contributed by atoms with Crippen molar-refractivity contribution in [3.63, 3.8) is 0 Å². The Morgan fingerprint density at radius 1 is 0.938 bits per heavy atom. The van der Waals surface area contributed by atoms with E-state index in [0.29, 0.717) is 6.54 Å². The van der Waals surface area contributed by atoms with Crippen molar-refractivity contribution in [3.8, 4) is 0 Å². The summed E-state index contributed by atoms with van der Waals surface area (Å²) in [7, 11) is 1.23. The minimum atomic E-state index is -0.984. The molecule has 8 heteroatoms. The van der Waals surface area contributed by atoms with Gasteiger partial charge in [0.15, 0.2) is 0 Å². The average molecular weight is 469 g/mol. The minimum Gasteiger partial charge on any atom is -0.481 e. The van der Waals surface area contributed by atoms with Gasteiger partial charge >= 0.3 is 11.9 Å². The number of thiol groups is 1. The van der Waals surface area contributed by atoms with Crippen LogP contribution in [0.4, 0.5) is 0 Å². The predicted molar refractivity (Wildman–Crippen MR) is 132 cm³/mol. The fourth-order valence-electron chi connectivity index (χ4n) is 2.90. The number of rotatable bonds is 16. The molecule has 0 aliphatic carbocycles. The molecule has 7 nitrogen and oxygen atoms in total. The van der Waals surface area contributed by atoms with Crippen molar-refractivity contribution in [2.75, 3.05) is 19.4 Å². The summed E-state index contributed by atoms with van der Waals surface area (Å²) in [5, 5.41) is 14.6. The topological polar surface area (TPSA) is 105 Å². The maximum Gasteiger partial charge on any atom is 0.329 e. The lowest BCUT2D eigenvalue weighted by atomic mass is 10.1. The number of ether oxygens (including phenoxy) is 1. The summed E-state index contributed by atoms with van der Waals surface area (Å²) < 4.78 is 4.65. The SMILES string of the molecule is COC(=O)[C@H](CS)NC(=O)[C@H](CCC(=O)O)NCC=C(C)CCC=C(C)CCC=C(C)C. The Labute approximate surface area is 198 Å². The van der Waals surface area contributed by atoms with E-state index >= 15 is 0 Å². The second-order valence-electron chi connectivity index (χ2n) is 8.12. The molecule has 0 spiro atoms. The molecule has 0 saturated carbocycles. The first-order chi connectivity index (χ1) is 15.1. The summed E-state index contributed by atoms with van der Waals surface area (Å²) in [6.45, 7) is 8.83. The lowest BCUT2D eigenvalue weighted by molar-refractivity contribution is -0.144. The molecule has 0 saturated heterocycles. The molecule has 0 aromatic carbocycles. The van der Waals surface area contributed by atoms with Crippen molar-refractivity contribution in [2.24, 2.45) is 0 Å². The second-order valence-corrected chi connectivity index (χ2v) is 8.49. The molecule has 0 fully saturated rings. The fraction of sp³-hybridized carbons (Fsp3) is 0.625. The molecule has 0 rings (SSSR count). The van der Waals surface area contributed by atoms with Gasteiger partial charge in [0.25, 0.3) is 0 Å². The van der Waals surface area contributed by atoms with Crippen LogP contribution in [-0.2, 0) is 19.1 Å². The van der Waals surface area contributed by atoms with Crippen LogP contribution in [0.15, 0.2) is 34.9 Å². The number of carboxylic acid groups (broad SMARTS) is 1. The Hall–Kier alpha value is -2.06. The van der Waals surface area contributed by atoms with Crippen LogP contribution < -0.4 is 10.6 Å². The maximum atomic E-state index is 12.6. The maximum absolute atomic E-state index is 12.6. The van der Waals surface area contributed by atoms with E-state index in [1.807, 2.05) is 13.0 Å². The van der Waals surface area contributed by atoms with Crippen molar-refractivity contribution in [1.82, 2.24) is 10.6 Å². The van der Waals surface area contributed by atoms with Crippen molar-refractivity contribution < 1.29 is 24.2 Å². The molecule has 0 aliphatic rings. The zero-order chi connectivity index (χ0) is 24.5. The van der Waals surface area contributed by atoms with Crippen LogP contribution >= 0.6 is 12.6 Å². The molecule has 0 aromatic heterocycles. The summed E-state index contributed by atoms with van der Waals surface area (Å²) >= 11 is 4.06. The van der Waals surface area contributed by atoms with Gasteiger partial charge in [-0.2, -0.15) is 12.6 Å². The van der Waals surface area contributed by atoms with E-state index in [9.17, 15) is 14.4 Å². The smallest absolute Gasteiger partial charge is 0.329 e. The van der Waals surface area contributed by atoms with Crippen LogP contribution in [0.25, 0.3) is 0 Å². The number of carbonyl (C=O) groups is 3. The van der Waals surface area contributed by atoms with Gasteiger partial charge in [0.05, 0.1) is 13.2 Å². The molecule has 2 atom stereocenters. The molecule has 0 bridgehead atoms. The number of amides is 1. The third-order valence-electron chi connectivity index (χ3n) is 4.89. The van der Waals surface area contributed by atoms with E-state index in [2.05, 4.69) is 60.9 Å². The predicted octanol–water partition coefficient (Wildman–Crippen LogP) is 3.82. The molecule has 0 unspecified atom stereocenters. The van der Waals surface area contributed by atoms with Crippen LogP contribution in [-0.4, -0.2) is 54.4 Å². The number of methoxy groups -OCH3 is 1. The van der Waals surface area contributed by atoms with Gasteiger partial charge in [0.2, 0.25) is 5.91 Å². The summed E-state index contributed by atoms with van der Waals surface area (Å²) in [6.07, 6.45) is 10.5. The van der Waals surface area contributed by atoms with Crippen LogP contribution in [0.3, 0.4) is 0 Å². The molecular weight excluding hydrogens is 428 g/mol. The second kappa shape index (κ2) is 17.5. The van der Waals surface area contributed by atoms with E-state index in [4.69, 9.17) is 5.11 Å². The number of carboxylic acids is 1. The average Bonchev–Trinajstić information content (AvgIpc) is 2.73. The van der Waals surface area contributed by atoms with Crippen LogP contribution in [0.5, 0.6) is 0 Å². The van der Waals surface area contributed by atoms with Gasteiger partial charge in [-0.15, -0.1) is 0 Å². The van der Waals surface area contributed by atoms with Gasteiger partial charge in [-0.25, -0.2) is 4.79 Å². The molecule has 0 radical (unpaired) electrons. The molecule has 3 N–H and O–H groups in total. The third-order valence-corrected chi connectivity index (χ3v) is 5.25. The third kappa shape index (κ3) is 14.9. The Bertz CT molecular complexity index is 697. The molecule has 182 valence electrons. The van der Waals surface area contributed by atoms with Gasteiger partial charge in [0, 0.05) is 18.7 Å². The van der Waals surface area contributed by atoms with Crippen molar-refractivity contribution in [1.29, 1.82) is 0 Å². The van der Waals surface area contributed by atoms with Crippen molar-refractivity contribution in [2.45, 2.75) is 78.3 Å². The van der Waals surface area contributed by atoms with Gasteiger partial charge in [-0.05, 0) is 59.8 Å². The van der Waals surface area contributed by atoms with E-state index < -0.39 is 29.9 Å². The number of aliphatic carboxylic acids is 1. The molecule has 0 aliphatic heterocycles. The Morgan fingerprint density at radius 2 is 1.53 bits per heavy atom. The fourth-order valence-corrected chi connectivity index (χ4v) is 3.14. The first-order valence-corrected chi connectivity index (χ1v) is 11.6. The standard InChI is InChI=1S/C24H40N2O5S/c1-17(2)8-6-9-18(3)10-7-11-19(4)14-15-25-20(12-13-22(27)28)23(29)26-21(16-32)24(30)31-5/h8,10,14,20-21,25,32H,6-7,9,11-13,15-16H2,1-5H3,(H,26,29)(H,27,28)/t20-,21-/m0/s1. The highest BCUT2D eigenvalue weighted by Gasteiger charge is 2.25. The Kier molecular flexibility index (Phi) is 16.4. The zero-order valence-corrected chi connectivity index (χ0v) is 21.0. The summed E-state index contributed by atoms with van der Waals surface area (Å²) in [5.41, 5.74) is 3.90. The van der Waals surface area contributed by atoms with E-state index in [1.54, 1.807) is 0 Å². The van der Waals surface area contributed by atoms with E-state index in [0.717, 1.165) is 25.7 Å². The number of esters is 1. The van der Waals surface area contributed by atoms with Gasteiger partial charge in [-0.3, -0.25) is 9.59 Å². The molecule has 0 heterocycles. The highest BCUT2D eigenvalue weighted by Crippen LogP contribution is 2.11. The highest BCUT2D eigenvalue weighted by molar-refractivity contribution is 7.80. The lowest BCUT2D eigenvalue weighted by Gasteiger charge is -2.20. The Balaban J connectivity index is 4.72. The number of hydrogen-bond donors (Lipinski definition) is 4. The zero-order valence-electron chi connectivity index (χ0n) is 20.1. The first kappa shape index (κ1) is 29.9. The van der Waals surface area contributed by atoms with Crippen LogP contribution in [0, 0.1) is 0 Å². The van der Waals surface area contributed by atoms with Gasteiger partial charge in [-0.1, -0.05) is 34.9 Å². The summed E-state index contributed by atoms with van der Waals surface area (Å²) in [4.78, 5) is 35.2. The highest BCUT2D eigenvalue weighted by atomic mass is 32.1. The molecule has 0 aromatic rings. The first-order valence-electron chi connectivity index (χ1n) is 11.0. The summed E-state index contributed by atoms with van der Waals surface area (Å²) in [5.74, 6) is -1.94. The molecule has 32 heavy (non-hydrogen) atoms. The van der Waals surface area contributed by atoms with Crippen molar-refractivity contribution in [3.05, 3.63) is 34.9 Å². The van der Waals surface area contributed by atoms with Crippen molar-refractivity contribution >= 4 is 30.5 Å². The number of nitrogens with one attached hydrogen (secondary N) is 2. The quantitative estimate of drug-likeness (QED) is 0.156. The molecule has 1 amide bonds. The van der Waals surface area contributed by atoms with Gasteiger partial charge in [0.1, 0.15) is 6.04 Å². The largest absolute Gasteiger partial charge is 0.481 e. The number of carbonyl (C=O) groups excluding carboxylic acids is 2. The lowest BCUT2D eigenvalue weighted by Crippen LogP contribution is -2.51. The molecular formula is C24H40N2O5S. The normalized spacial score (nSPS) is 13.8. The van der Waals surface area contributed by atoms with Crippen LogP contribution in [0.1, 0.15) is 66.2 Å². The minimum absolute atomic E-state index is 0.0876. The number of hydrogen-bond acceptors (Lipinski definition) is 6. The summed E-state index contributed by atoms with van der Waals surface area (Å²) in [6, 6.07) is -1.62. The van der Waals surface area contributed by atoms with E-state index in [-0.39, 0.29) is 18.6 Å². The van der Waals surface area contributed by atoms with Crippen LogP contribution in [0.2, 0.25) is 0 Å². The van der Waals surface area contributed by atoms with E-state index in [1.165, 1.54) is 23.8 Å². The Morgan fingerprint density at radius 3 is 2.06 bits per heavy atom. The monoisotopic (exact) mass is 468 g/mol.